The Morgan fingerprint density at radius 3 is 1.91 bits per heavy atom. The van der Waals surface area contributed by atoms with Crippen molar-refractivity contribution < 1.29 is 4.42 Å². The summed E-state index contributed by atoms with van der Waals surface area (Å²) in [5, 5.41) is 4.66. The van der Waals surface area contributed by atoms with E-state index in [9.17, 15) is 0 Å². The Balaban J connectivity index is 1.15. The summed E-state index contributed by atoms with van der Waals surface area (Å²) in [6, 6.07) is 64.9. The van der Waals surface area contributed by atoms with Crippen molar-refractivity contribution in [1.29, 1.82) is 0 Å². The van der Waals surface area contributed by atoms with Crippen LogP contribution in [0.15, 0.2) is 186 Å². The van der Waals surface area contributed by atoms with E-state index >= 15 is 0 Å². The minimum atomic E-state index is -0.121. The van der Waals surface area contributed by atoms with Gasteiger partial charge in [0.2, 0.25) is 0 Å². The van der Waals surface area contributed by atoms with Crippen LogP contribution in [0.1, 0.15) is 25.0 Å². The van der Waals surface area contributed by atoms with Crippen molar-refractivity contribution in [2.24, 2.45) is 0 Å². The van der Waals surface area contributed by atoms with Crippen LogP contribution in [0.25, 0.3) is 100.0 Å². The van der Waals surface area contributed by atoms with E-state index in [0.29, 0.717) is 5.82 Å². The van der Waals surface area contributed by atoms with E-state index in [1.807, 2.05) is 18.2 Å². The number of benzene rings is 8. The molecule has 0 bridgehead atoms. The maximum absolute atomic E-state index is 6.38. The molecule has 0 atom stereocenters. The van der Waals surface area contributed by atoms with Gasteiger partial charge < -0.3 is 4.42 Å². The van der Waals surface area contributed by atoms with Crippen molar-refractivity contribution >= 4 is 32.7 Å². The second-order valence-electron chi connectivity index (χ2n) is 15.4. The lowest BCUT2D eigenvalue weighted by Gasteiger charge is -2.21. The first-order chi connectivity index (χ1) is 27.5. The van der Waals surface area contributed by atoms with Crippen molar-refractivity contribution in [1.82, 2.24) is 9.97 Å². The van der Waals surface area contributed by atoms with Gasteiger partial charge in [0, 0.05) is 32.9 Å². The maximum atomic E-state index is 6.38. The smallest absolute Gasteiger partial charge is 0.160 e. The SMILES string of the molecule is CC1(C)c2ccccc2-c2c(-c3cc(-c4cc(-c5ccc6ccccc6c5)cc(-c5ccc6c(c5)oc5ccccc56)c4)nc(-c4ccccc4)n3)cccc21. The molecule has 56 heavy (non-hydrogen) atoms. The van der Waals surface area contributed by atoms with Crippen molar-refractivity contribution in [3.05, 3.63) is 193 Å². The Bertz CT molecular complexity index is 3170. The minimum absolute atomic E-state index is 0.121. The van der Waals surface area contributed by atoms with Crippen LogP contribution in [-0.4, -0.2) is 9.97 Å². The molecular weight excluding hydrogens is 681 g/mol. The van der Waals surface area contributed by atoms with E-state index in [4.69, 9.17) is 14.4 Å². The van der Waals surface area contributed by atoms with Crippen LogP contribution in [0.5, 0.6) is 0 Å². The topological polar surface area (TPSA) is 38.9 Å². The molecule has 8 aromatic carbocycles. The summed E-state index contributed by atoms with van der Waals surface area (Å²) in [7, 11) is 0. The summed E-state index contributed by atoms with van der Waals surface area (Å²) in [5.74, 6) is 0.697. The molecule has 2 aromatic heterocycles. The highest BCUT2D eigenvalue weighted by atomic mass is 16.3. The van der Waals surface area contributed by atoms with Gasteiger partial charge in [-0.1, -0.05) is 147 Å². The fourth-order valence-corrected chi connectivity index (χ4v) is 8.80. The minimum Gasteiger partial charge on any atom is -0.456 e. The van der Waals surface area contributed by atoms with E-state index in [1.54, 1.807) is 0 Å². The first kappa shape index (κ1) is 32.3. The lowest BCUT2D eigenvalue weighted by molar-refractivity contribution is 0.660. The Labute approximate surface area is 325 Å². The third-order valence-electron chi connectivity index (χ3n) is 11.7. The fraction of sp³-hybridized carbons (Fsp3) is 0.0566. The molecule has 0 spiro atoms. The molecule has 0 N–H and O–H groups in total. The van der Waals surface area contributed by atoms with Gasteiger partial charge in [-0.05, 0) is 104 Å². The Morgan fingerprint density at radius 2 is 1.04 bits per heavy atom. The summed E-state index contributed by atoms with van der Waals surface area (Å²) in [6.45, 7) is 4.65. The summed E-state index contributed by atoms with van der Waals surface area (Å²) >= 11 is 0. The van der Waals surface area contributed by atoms with Crippen molar-refractivity contribution in [2.45, 2.75) is 19.3 Å². The van der Waals surface area contributed by atoms with Crippen molar-refractivity contribution in [2.75, 3.05) is 0 Å². The Kier molecular flexibility index (Phi) is 7.20. The summed E-state index contributed by atoms with van der Waals surface area (Å²) in [5.41, 5.74) is 16.1. The first-order valence-corrected chi connectivity index (χ1v) is 19.2. The molecular formula is C53H36N2O. The zero-order valence-corrected chi connectivity index (χ0v) is 31.1. The van der Waals surface area contributed by atoms with Gasteiger partial charge in [-0.3, -0.25) is 0 Å². The summed E-state index contributed by atoms with van der Waals surface area (Å²) < 4.78 is 6.38. The van der Waals surface area contributed by atoms with Gasteiger partial charge >= 0.3 is 0 Å². The lowest BCUT2D eigenvalue weighted by atomic mass is 9.82. The number of rotatable bonds is 5. The quantitative estimate of drug-likeness (QED) is 0.178. The molecule has 0 saturated carbocycles. The highest BCUT2D eigenvalue weighted by Gasteiger charge is 2.36. The molecule has 1 aliphatic rings. The molecule has 264 valence electrons. The number of fused-ring (bicyclic) bond motifs is 7. The van der Waals surface area contributed by atoms with Gasteiger partial charge in [0.1, 0.15) is 11.2 Å². The van der Waals surface area contributed by atoms with Crippen LogP contribution in [0, 0.1) is 0 Å². The average Bonchev–Trinajstić information content (AvgIpc) is 3.75. The zero-order chi connectivity index (χ0) is 37.4. The second-order valence-corrected chi connectivity index (χ2v) is 15.4. The molecule has 0 radical (unpaired) electrons. The molecule has 0 saturated heterocycles. The van der Waals surface area contributed by atoms with Crippen LogP contribution in [0.3, 0.4) is 0 Å². The molecule has 3 nitrogen and oxygen atoms in total. The second kappa shape index (κ2) is 12.5. The van der Waals surface area contributed by atoms with E-state index in [1.165, 1.54) is 33.0 Å². The number of para-hydroxylation sites is 1. The van der Waals surface area contributed by atoms with Gasteiger partial charge in [-0.25, -0.2) is 9.97 Å². The Morgan fingerprint density at radius 1 is 0.393 bits per heavy atom. The molecule has 3 heteroatoms. The molecule has 0 amide bonds. The molecule has 2 heterocycles. The summed E-state index contributed by atoms with van der Waals surface area (Å²) in [6.07, 6.45) is 0. The van der Waals surface area contributed by atoms with Crippen LogP contribution >= 0.6 is 0 Å². The van der Waals surface area contributed by atoms with Gasteiger partial charge in [0.25, 0.3) is 0 Å². The number of nitrogens with zero attached hydrogens (tertiary/aromatic N) is 2. The van der Waals surface area contributed by atoms with E-state index in [-0.39, 0.29) is 5.41 Å². The van der Waals surface area contributed by atoms with E-state index < -0.39 is 0 Å². The highest BCUT2D eigenvalue weighted by Crippen LogP contribution is 2.52. The van der Waals surface area contributed by atoms with E-state index in [2.05, 4.69) is 178 Å². The molecule has 1 aliphatic carbocycles. The Hall–Kier alpha value is -7.10. The zero-order valence-electron chi connectivity index (χ0n) is 31.1. The average molecular weight is 717 g/mol. The normalized spacial score (nSPS) is 13.0. The highest BCUT2D eigenvalue weighted by molar-refractivity contribution is 6.06. The predicted octanol–water partition coefficient (Wildman–Crippen LogP) is 14.2. The first-order valence-electron chi connectivity index (χ1n) is 19.2. The number of furan rings is 1. The lowest BCUT2D eigenvalue weighted by Crippen LogP contribution is -2.14. The van der Waals surface area contributed by atoms with Crippen LogP contribution < -0.4 is 0 Å². The predicted molar refractivity (Wildman–Crippen MR) is 232 cm³/mol. The largest absolute Gasteiger partial charge is 0.456 e. The van der Waals surface area contributed by atoms with E-state index in [0.717, 1.165) is 72.3 Å². The molecule has 0 fully saturated rings. The van der Waals surface area contributed by atoms with Gasteiger partial charge in [0.15, 0.2) is 5.82 Å². The summed E-state index contributed by atoms with van der Waals surface area (Å²) in [4.78, 5) is 10.7. The fourth-order valence-electron chi connectivity index (χ4n) is 8.80. The van der Waals surface area contributed by atoms with Crippen LogP contribution in [0.4, 0.5) is 0 Å². The number of hydrogen-bond donors (Lipinski definition) is 0. The molecule has 10 aromatic rings. The van der Waals surface area contributed by atoms with Crippen LogP contribution in [-0.2, 0) is 5.41 Å². The number of aromatic nitrogens is 2. The monoisotopic (exact) mass is 716 g/mol. The number of hydrogen-bond acceptors (Lipinski definition) is 3. The maximum Gasteiger partial charge on any atom is 0.160 e. The van der Waals surface area contributed by atoms with Crippen molar-refractivity contribution in [3.63, 3.8) is 0 Å². The third-order valence-corrected chi connectivity index (χ3v) is 11.7. The van der Waals surface area contributed by atoms with Crippen LogP contribution in [0.2, 0.25) is 0 Å². The molecule has 0 aliphatic heterocycles. The third kappa shape index (κ3) is 5.20. The van der Waals surface area contributed by atoms with Gasteiger partial charge in [-0.2, -0.15) is 0 Å². The van der Waals surface area contributed by atoms with Gasteiger partial charge in [0.05, 0.1) is 11.4 Å². The molecule has 11 rings (SSSR count). The molecule has 0 unspecified atom stereocenters. The van der Waals surface area contributed by atoms with Crippen molar-refractivity contribution in [3.8, 4) is 67.3 Å². The van der Waals surface area contributed by atoms with Gasteiger partial charge in [-0.15, -0.1) is 0 Å². The standard InChI is InChI=1S/C53H36N2O/c1-53(2)45-20-10-8-18-43(45)51-44(19-12-21-46(51)53)48-32-47(54-52(55-48)34-14-4-3-5-15-34)40-29-38(36-24-23-33-13-6-7-16-35(33)27-36)28-39(30-40)37-25-26-42-41-17-9-11-22-49(41)56-50(42)31-37/h3-32H,1-2H3.